The first-order valence-electron chi connectivity index (χ1n) is 5.26. The number of hydrogen-bond donors (Lipinski definition) is 1. The molecule has 0 saturated heterocycles. The molecule has 2 aromatic carbocycles. The van der Waals surface area contributed by atoms with E-state index in [-0.39, 0.29) is 0 Å². The lowest BCUT2D eigenvalue weighted by molar-refractivity contribution is 0.583. The summed E-state index contributed by atoms with van der Waals surface area (Å²) in [5.74, 6) is 0. The highest BCUT2D eigenvalue weighted by Gasteiger charge is 2.10. The Morgan fingerprint density at radius 3 is 2.88 bits per heavy atom. The minimum atomic E-state index is 0.433. The Bertz CT molecular complexity index is 913. The minimum Gasteiger partial charge on any atom is -0.429 e. The highest BCUT2D eigenvalue weighted by Crippen LogP contribution is 2.37. The molecule has 0 bridgehead atoms. The fourth-order valence-corrected chi connectivity index (χ4v) is 3.54. The van der Waals surface area contributed by atoms with E-state index in [2.05, 4.69) is 35.3 Å². The van der Waals surface area contributed by atoms with Crippen molar-refractivity contribution >= 4 is 54.8 Å². The van der Waals surface area contributed by atoms with Crippen molar-refractivity contribution in [3.8, 4) is 0 Å². The molecular formula is C13H7NOS2. The van der Waals surface area contributed by atoms with E-state index >= 15 is 0 Å². The first-order valence-corrected chi connectivity index (χ1v) is 6.48. The van der Waals surface area contributed by atoms with Gasteiger partial charge in [0, 0.05) is 20.2 Å². The molecule has 4 aromatic rings. The Morgan fingerprint density at radius 1 is 1.06 bits per heavy atom. The summed E-state index contributed by atoms with van der Waals surface area (Å²) in [5, 5.41) is 2.47. The molecule has 0 radical (unpaired) electrons. The lowest BCUT2D eigenvalue weighted by Gasteiger charge is -1.92. The van der Waals surface area contributed by atoms with Crippen LogP contribution in [0.5, 0.6) is 0 Å². The maximum Gasteiger partial charge on any atom is 0.266 e. The molecule has 1 N–H and O–H groups in total. The average molecular weight is 257 g/mol. The Morgan fingerprint density at radius 2 is 1.94 bits per heavy atom. The summed E-state index contributed by atoms with van der Waals surface area (Å²) in [5.41, 5.74) is 1.83. The summed E-state index contributed by atoms with van der Waals surface area (Å²) < 4.78 is 8.00. The van der Waals surface area contributed by atoms with Gasteiger partial charge >= 0.3 is 0 Å². The van der Waals surface area contributed by atoms with Gasteiger partial charge in [0.15, 0.2) is 5.58 Å². The highest BCUT2D eigenvalue weighted by molar-refractivity contribution is 7.71. The zero-order valence-electron chi connectivity index (χ0n) is 8.69. The smallest absolute Gasteiger partial charge is 0.266 e. The molecule has 0 spiro atoms. The van der Waals surface area contributed by atoms with E-state index in [9.17, 15) is 0 Å². The topological polar surface area (TPSA) is 28.9 Å². The number of fused-ring (bicyclic) bond motifs is 5. The van der Waals surface area contributed by atoms with Crippen molar-refractivity contribution in [3.63, 3.8) is 0 Å². The molecule has 0 aliphatic rings. The molecule has 0 aliphatic heterocycles. The lowest BCUT2D eigenvalue weighted by Crippen LogP contribution is -1.70. The first kappa shape index (κ1) is 9.39. The third kappa shape index (κ3) is 1.22. The summed E-state index contributed by atoms with van der Waals surface area (Å²) in [6.07, 6.45) is 0. The Kier molecular flexibility index (Phi) is 1.76. The van der Waals surface area contributed by atoms with E-state index in [0.717, 1.165) is 11.1 Å². The fourth-order valence-electron chi connectivity index (χ4n) is 2.23. The maximum absolute atomic E-state index is 5.46. The van der Waals surface area contributed by atoms with E-state index in [1.807, 2.05) is 6.07 Å². The number of nitrogens with one attached hydrogen (secondary N) is 1. The lowest BCUT2D eigenvalue weighted by atomic mass is 10.1. The van der Waals surface area contributed by atoms with Crippen molar-refractivity contribution in [3.05, 3.63) is 41.2 Å². The quantitative estimate of drug-likeness (QED) is 0.456. The average Bonchev–Trinajstić information content (AvgIpc) is 2.87. The van der Waals surface area contributed by atoms with Gasteiger partial charge in [-0.1, -0.05) is 18.2 Å². The van der Waals surface area contributed by atoms with Crippen LogP contribution in [0.1, 0.15) is 0 Å². The van der Waals surface area contributed by atoms with Crippen molar-refractivity contribution < 1.29 is 4.42 Å². The van der Waals surface area contributed by atoms with Crippen LogP contribution in [0.2, 0.25) is 0 Å². The van der Waals surface area contributed by atoms with Crippen LogP contribution in [0, 0.1) is 4.84 Å². The van der Waals surface area contributed by atoms with Crippen molar-refractivity contribution in [1.29, 1.82) is 0 Å². The van der Waals surface area contributed by atoms with Gasteiger partial charge in [0.1, 0.15) is 0 Å². The number of aromatic nitrogens is 1. The Labute approximate surface area is 105 Å². The van der Waals surface area contributed by atoms with Gasteiger partial charge in [-0.15, -0.1) is 11.3 Å². The van der Waals surface area contributed by atoms with Gasteiger partial charge in [-0.3, -0.25) is 0 Å². The monoisotopic (exact) mass is 257 g/mol. The number of benzene rings is 2. The molecule has 2 aromatic heterocycles. The number of oxazole rings is 1. The number of H-pyrrole nitrogens is 1. The van der Waals surface area contributed by atoms with Gasteiger partial charge in [-0.25, -0.2) is 0 Å². The zero-order valence-corrected chi connectivity index (χ0v) is 10.3. The Hall–Kier alpha value is -1.65. The number of hydrogen-bond acceptors (Lipinski definition) is 3. The van der Waals surface area contributed by atoms with Gasteiger partial charge in [0.05, 0.1) is 5.52 Å². The van der Waals surface area contributed by atoms with Crippen molar-refractivity contribution in [2.24, 2.45) is 0 Å². The molecule has 4 heteroatoms. The summed E-state index contributed by atoms with van der Waals surface area (Å²) in [6.45, 7) is 0. The minimum absolute atomic E-state index is 0.433. The fraction of sp³-hybridized carbons (Fsp3) is 0. The van der Waals surface area contributed by atoms with Crippen LogP contribution >= 0.6 is 23.6 Å². The molecule has 82 valence electrons. The third-order valence-corrected chi connectivity index (χ3v) is 4.26. The van der Waals surface area contributed by atoms with Crippen molar-refractivity contribution in [2.45, 2.75) is 0 Å². The largest absolute Gasteiger partial charge is 0.429 e. The molecule has 0 unspecified atom stereocenters. The van der Waals surface area contributed by atoms with Gasteiger partial charge in [0.25, 0.3) is 4.84 Å². The maximum atomic E-state index is 5.46. The molecule has 0 saturated carbocycles. The van der Waals surface area contributed by atoms with Crippen LogP contribution in [0.4, 0.5) is 0 Å². The van der Waals surface area contributed by atoms with Crippen LogP contribution in [0.15, 0.2) is 40.8 Å². The van der Waals surface area contributed by atoms with Crippen molar-refractivity contribution in [2.75, 3.05) is 0 Å². The van der Waals surface area contributed by atoms with E-state index in [1.54, 1.807) is 11.3 Å². The predicted octanol–water partition coefficient (Wildman–Crippen LogP) is 4.86. The summed E-state index contributed by atoms with van der Waals surface area (Å²) >= 11 is 6.84. The molecule has 0 amide bonds. The van der Waals surface area contributed by atoms with E-state index in [1.165, 1.54) is 20.2 Å². The number of rotatable bonds is 0. The summed E-state index contributed by atoms with van der Waals surface area (Å²) in [4.78, 5) is 3.57. The normalized spacial score (nSPS) is 11.8. The summed E-state index contributed by atoms with van der Waals surface area (Å²) in [6, 6.07) is 12.5. The summed E-state index contributed by atoms with van der Waals surface area (Å²) in [7, 11) is 0. The molecule has 0 fully saturated rings. The molecule has 17 heavy (non-hydrogen) atoms. The van der Waals surface area contributed by atoms with Gasteiger partial charge in [-0.05, 0) is 30.4 Å². The third-order valence-electron chi connectivity index (χ3n) is 2.93. The second-order valence-corrected chi connectivity index (χ2v) is 5.38. The SMILES string of the molecule is S=c1[nH]c2c(ccc3sc4ccccc4c32)o1. The van der Waals surface area contributed by atoms with Gasteiger partial charge in [0.2, 0.25) is 0 Å². The molecule has 2 nitrogen and oxygen atoms in total. The highest BCUT2D eigenvalue weighted by atomic mass is 32.1. The van der Waals surface area contributed by atoms with Crippen LogP contribution < -0.4 is 0 Å². The van der Waals surface area contributed by atoms with Crippen molar-refractivity contribution in [1.82, 2.24) is 4.98 Å². The second-order valence-electron chi connectivity index (χ2n) is 3.92. The second kappa shape index (κ2) is 3.18. The molecule has 0 atom stereocenters. The van der Waals surface area contributed by atoms with Crippen LogP contribution in [-0.2, 0) is 0 Å². The molecule has 2 heterocycles. The van der Waals surface area contributed by atoms with E-state index < -0.39 is 0 Å². The van der Waals surface area contributed by atoms with E-state index in [0.29, 0.717) is 4.84 Å². The first-order chi connectivity index (χ1) is 8.33. The molecule has 0 aliphatic carbocycles. The number of thiophene rings is 1. The molecular weight excluding hydrogens is 250 g/mol. The van der Waals surface area contributed by atoms with Crippen LogP contribution in [0.25, 0.3) is 31.3 Å². The van der Waals surface area contributed by atoms with E-state index in [4.69, 9.17) is 16.6 Å². The number of aromatic amines is 1. The Balaban J connectivity index is 2.42. The van der Waals surface area contributed by atoms with Gasteiger partial charge in [-0.2, -0.15) is 0 Å². The van der Waals surface area contributed by atoms with Gasteiger partial charge < -0.3 is 9.40 Å². The van der Waals surface area contributed by atoms with Crippen LogP contribution in [0.3, 0.4) is 0 Å². The van der Waals surface area contributed by atoms with Crippen LogP contribution in [-0.4, -0.2) is 4.98 Å². The zero-order chi connectivity index (χ0) is 11.4. The standard InChI is InChI=1S/C13H7NOS2/c16-13-14-12-8(15-13)5-6-10-11(12)7-3-1-2-4-9(7)17-10/h1-6H,(H,14,16). The predicted molar refractivity (Wildman–Crippen MR) is 74.3 cm³/mol. The molecule has 4 rings (SSSR count).